The van der Waals surface area contributed by atoms with E-state index in [9.17, 15) is 50.8 Å². The highest BCUT2D eigenvalue weighted by Crippen LogP contribution is 2.51. The molecule has 14 nitrogen and oxygen atoms in total. The lowest BCUT2D eigenvalue weighted by Gasteiger charge is -2.41. The summed E-state index contributed by atoms with van der Waals surface area (Å²) < 4.78 is 23.0. The smallest absolute Gasteiger partial charge is 0.197 e. The molecule has 14 heteroatoms. The Morgan fingerprint density at radius 1 is 0.780 bits per heavy atom. The number of methoxy groups -OCH3 is 1. The largest absolute Gasteiger partial charge is 0.508 e. The number of ether oxygens (including phenoxy) is 3. The Bertz CT molecular complexity index is 1470. The zero-order valence-corrected chi connectivity index (χ0v) is 21.6. The monoisotopic (exact) mass is 578 g/mol. The van der Waals surface area contributed by atoms with Gasteiger partial charge >= 0.3 is 0 Å². The minimum atomic E-state index is -1.88. The number of aromatic hydroxyl groups is 2. The Morgan fingerprint density at radius 2 is 1.32 bits per heavy atom. The summed E-state index contributed by atoms with van der Waals surface area (Å²) in [6.45, 7) is -1.47. The van der Waals surface area contributed by atoms with E-state index < -0.39 is 84.7 Å². The molecule has 0 bridgehead atoms. The van der Waals surface area contributed by atoms with Gasteiger partial charge in [-0.25, -0.2) is 0 Å². The van der Waals surface area contributed by atoms with Gasteiger partial charge in [-0.1, -0.05) is 0 Å². The van der Waals surface area contributed by atoms with Crippen molar-refractivity contribution in [3.8, 4) is 28.6 Å². The van der Waals surface area contributed by atoms with E-state index in [0.717, 1.165) is 13.2 Å². The molecule has 2 aliphatic heterocycles. The number of benzene rings is 2. The Morgan fingerprint density at radius 3 is 1.85 bits per heavy atom. The molecule has 0 aliphatic carbocycles. The number of aliphatic hydroxyl groups excluding tert-OH is 7. The maximum absolute atomic E-state index is 13.5. The maximum atomic E-state index is 13.5. The second-order valence-corrected chi connectivity index (χ2v) is 9.94. The molecule has 2 fully saturated rings. The lowest BCUT2D eigenvalue weighted by molar-refractivity contribution is -0.231. The number of aliphatic hydroxyl groups is 7. The van der Waals surface area contributed by atoms with Crippen molar-refractivity contribution in [2.45, 2.75) is 54.9 Å². The van der Waals surface area contributed by atoms with Crippen molar-refractivity contribution < 1.29 is 64.6 Å². The van der Waals surface area contributed by atoms with Gasteiger partial charge in [0.1, 0.15) is 83.3 Å². The van der Waals surface area contributed by atoms with Crippen molar-refractivity contribution in [2.24, 2.45) is 0 Å². The van der Waals surface area contributed by atoms with Gasteiger partial charge in [-0.2, -0.15) is 0 Å². The molecule has 2 aromatic carbocycles. The minimum Gasteiger partial charge on any atom is -0.508 e. The molecule has 0 saturated carbocycles. The second kappa shape index (κ2) is 11.2. The maximum Gasteiger partial charge on any atom is 0.197 e. The van der Waals surface area contributed by atoms with Crippen molar-refractivity contribution >= 4 is 11.0 Å². The van der Waals surface area contributed by atoms with Gasteiger partial charge in [0.2, 0.25) is 0 Å². The molecule has 3 aromatic rings. The van der Waals surface area contributed by atoms with Gasteiger partial charge in [-0.3, -0.25) is 4.79 Å². The second-order valence-electron chi connectivity index (χ2n) is 9.94. The number of phenols is 2. The van der Waals surface area contributed by atoms with Crippen LogP contribution in [-0.4, -0.2) is 109 Å². The van der Waals surface area contributed by atoms with E-state index in [0.29, 0.717) is 5.56 Å². The van der Waals surface area contributed by atoms with Crippen molar-refractivity contribution in [1.29, 1.82) is 0 Å². The predicted octanol–water partition coefficient (Wildman–Crippen LogP) is -1.45. The van der Waals surface area contributed by atoms with Crippen LogP contribution in [0.25, 0.3) is 22.3 Å². The van der Waals surface area contributed by atoms with E-state index in [1.54, 1.807) is 0 Å². The van der Waals surface area contributed by atoms with Crippen LogP contribution in [0.3, 0.4) is 0 Å². The van der Waals surface area contributed by atoms with E-state index >= 15 is 0 Å². The SMILES string of the molecule is COc1c(C2OC(CO)C(O)C2O)c(O)c2c(=O)cc(-c3ccc(O)cc3)oc2c1C1OC(CO)C(O)C(O)C1O. The summed E-state index contributed by atoms with van der Waals surface area (Å²) >= 11 is 0. The molecule has 5 rings (SSSR count). The first-order valence-corrected chi connectivity index (χ1v) is 12.7. The molecule has 1 aromatic heterocycles. The van der Waals surface area contributed by atoms with Crippen molar-refractivity contribution in [3.63, 3.8) is 0 Å². The van der Waals surface area contributed by atoms with Crippen LogP contribution < -0.4 is 10.2 Å². The van der Waals surface area contributed by atoms with Crippen LogP contribution in [0, 0.1) is 0 Å². The number of hydrogen-bond acceptors (Lipinski definition) is 14. The van der Waals surface area contributed by atoms with Crippen LogP contribution in [0.4, 0.5) is 0 Å². The summed E-state index contributed by atoms with van der Waals surface area (Å²) in [4.78, 5) is 13.5. The van der Waals surface area contributed by atoms with E-state index in [1.807, 2.05) is 0 Å². The van der Waals surface area contributed by atoms with Crippen LogP contribution in [0.15, 0.2) is 39.5 Å². The van der Waals surface area contributed by atoms with E-state index in [4.69, 9.17) is 18.6 Å². The summed E-state index contributed by atoms with van der Waals surface area (Å²) in [7, 11) is 1.15. The number of rotatable bonds is 6. The van der Waals surface area contributed by atoms with Gasteiger partial charge in [0.05, 0.1) is 31.5 Å². The molecule has 2 saturated heterocycles. The number of phenolic OH excluding ortho intramolecular Hbond substituents is 2. The molecule has 9 unspecified atom stereocenters. The predicted molar refractivity (Wildman–Crippen MR) is 137 cm³/mol. The van der Waals surface area contributed by atoms with E-state index in [2.05, 4.69) is 0 Å². The first-order chi connectivity index (χ1) is 19.5. The van der Waals surface area contributed by atoms with Gasteiger partial charge < -0.3 is 64.6 Å². The Labute approximate surface area is 231 Å². The third kappa shape index (κ3) is 4.72. The summed E-state index contributed by atoms with van der Waals surface area (Å²) in [5, 5.41) is 93.0. The minimum absolute atomic E-state index is 0.0320. The summed E-state index contributed by atoms with van der Waals surface area (Å²) in [5.41, 5.74) is -1.42. The van der Waals surface area contributed by atoms with Gasteiger partial charge in [0.25, 0.3) is 0 Å². The third-order valence-electron chi connectivity index (χ3n) is 7.53. The highest BCUT2D eigenvalue weighted by atomic mass is 16.6. The molecule has 41 heavy (non-hydrogen) atoms. The summed E-state index contributed by atoms with van der Waals surface area (Å²) in [6.07, 6.45) is -14.6. The van der Waals surface area contributed by atoms with Gasteiger partial charge in [-0.15, -0.1) is 0 Å². The van der Waals surface area contributed by atoms with Crippen LogP contribution in [0.1, 0.15) is 23.3 Å². The Kier molecular flexibility index (Phi) is 7.95. The van der Waals surface area contributed by atoms with Gasteiger partial charge in [-0.05, 0) is 24.3 Å². The molecule has 9 N–H and O–H groups in total. The summed E-state index contributed by atoms with van der Waals surface area (Å²) in [5.74, 6) is -1.18. The Hall–Kier alpha value is -3.31. The molecule has 3 heterocycles. The molecule has 2 aliphatic rings. The molecular weight excluding hydrogens is 548 g/mol. The standard InChI is InChI=1S/C27H30O14/c1-38-24-16(26-22(36)19(33)14(8-29)40-26)20(34)15-11(31)6-12(9-2-4-10(30)5-3-9)39-25(15)17(24)27-23(37)21(35)18(32)13(7-28)41-27/h2-6,13-14,18-19,21-23,26-30,32-37H,7-8H2,1H3. The quantitative estimate of drug-likeness (QED) is 0.163. The lowest BCUT2D eigenvalue weighted by Crippen LogP contribution is -2.55. The van der Waals surface area contributed by atoms with Gasteiger partial charge in [0.15, 0.2) is 11.0 Å². The molecule has 0 spiro atoms. The average molecular weight is 579 g/mol. The van der Waals surface area contributed by atoms with Crippen LogP contribution in [0.5, 0.6) is 17.2 Å². The normalized spacial score (nSPS) is 32.0. The molecule has 9 atom stereocenters. The number of fused-ring (bicyclic) bond motifs is 1. The molecular formula is C27H30O14. The van der Waals surface area contributed by atoms with Crippen molar-refractivity contribution in [2.75, 3.05) is 20.3 Å². The highest BCUT2D eigenvalue weighted by Gasteiger charge is 2.50. The Balaban J connectivity index is 1.84. The topological polar surface area (TPSA) is 240 Å². The fraction of sp³-hybridized carbons (Fsp3) is 0.444. The van der Waals surface area contributed by atoms with Crippen molar-refractivity contribution in [1.82, 2.24) is 0 Å². The first kappa shape index (κ1) is 29.2. The van der Waals surface area contributed by atoms with E-state index in [-0.39, 0.29) is 34.0 Å². The zero-order chi connectivity index (χ0) is 29.7. The molecule has 0 radical (unpaired) electrons. The molecule has 0 amide bonds. The van der Waals surface area contributed by atoms with Crippen molar-refractivity contribution in [3.05, 3.63) is 51.7 Å². The lowest BCUT2D eigenvalue weighted by atomic mass is 9.87. The van der Waals surface area contributed by atoms with Crippen LogP contribution in [-0.2, 0) is 9.47 Å². The fourth-order valence-corrected chi connectivity index (χ4v) is 5.39. The van der Waals surface area contributed by atoms with Crippen LogP contribution >= 0.6 is 0 Å². The average Bonchev–Trinajstić information content (AvgIpc) is 3.24. The molecule has 222 valence electrons. The first-order valence-electron chi connectivity index (χ1n) is 12.7. The summed E-state index contributed by atoms with van der Waals surface area (Å²) in [6, 6.07) is 6.66. The fourth-order valence-electron chi connectivity index (χ4n) is 5.39. The van der Waals surface area contributed by atoms with Crippen LogP contribution in [0.2, 0.25) is 0 Å². The van der Waals surface area contributed by atoms with E-state index in [1.165, 1.54) is 24.3 Å². The zero-order valence-electron chi connectivity index (χ0n) is 21.6. The third-order valence-corrected chi connectivity index (χ3v) is 7.53. The number of hydrogen-bond donors (Lipinski definition) is 9. The van der Waals surface area contributed by atoms with Gasteiger partial charge in [0, 0.05) is 11.6 Å². The highest BCUT2D eigenvalue weighted by molar-refractivity contribution is 5.92.